The van der Waals surface area contributed by atoms with Crippen molar-refractivity contribution >= 4 is 29.1 Å². The maximum Gasteiger partial charge on any atom is 0.230 e. The minimum absolute atomic E-state index is 0.0617. The van der Waals surface area contributed by atoms with Gasteiger partial charge in [-0.25, -0.2) is 18.9 Å². The van der Waals surface area contributed by atoms with E-state index in [1.165, 1.54) is 6.07 Å². The number of hydrogen-bond donors (Lipinski definition) is 1. The number of anilines is 2. The summed E-state index contributed by atoms with van der Waals surface area (Å²) in [7, 11) is 0. The maximum atomic E-state index is 14.0. The fourth-order valence-electron chi connectivity index (χ4n) is 6.81. The third-order valence-electron chi connectivity index (χ3n) is 9.17. The van der Waals surface area contributed by atoms with Crippen LogP contribution < -0.4 is 15.1 Å². The van der Waals surface area contributed by atoms with Crippen molar-refractivity contribution in [3.8, 4) is 11.4 Å². The standard InChI is InChI=1S/C33H36FN8O2/c1-22(25-10-13-32(43)37-33(25)44)21-39-15-17-40(18-16-39)30-9-3-7-26(36-30)28-20-35-29-11-12-31(38-42(28)29)41-14-4-8-27(41)23-5-2-6-24(34)19-23/h2-3,5-7,9,11-12,19-20,22,25,27H,1,4,8,10,13-18,21H2,(H,37,43,44)/t22?,25?,27-/m1/s1. The van der Waals surface area contributed by atoms with Crippen molar-refractivity contribution in [2.24, 2.45) is 11.8 Å². The zero-order chi connectivity index (χ0) is 30.2. The van der Waals surface area contributed by atoms with Crippen LogP contribution in [0.15, 0.2) is 60.8 Å². The molecule has 3 aliphatic heterocycles. The molecule has 3 saturated heterocycles. The normalized spacial score (nSPS) is 22.0. The third-order valence-corrected chi connectivity index (χ3v) is 9.17. The average molecular weight is 596 g/mol. The summed E-state index contributed by atoms with van der Waals surface area (Å²) >= 11 is 0. The third kappa shape index (κ3) is 5.63. The molecule has 10 nitrogen and oxygen atoms in total. The largest absolute Gasteiger partial charge is 0.354 e. The number of hydrogen-bond acceptors (Lipinski definition) is 8. The van der Waals surface area contributed by atoms with Gasteiger partial charge in [0.25, 0.3) is 0 Å². The highest BCUT2D eigenvalue weighted by molar-refractivity contribution is 5.98. The summed E-state index contributed by atoms with van der Waals surface area (Å²) in [6.07, 6.45) is 4.73. The molecule has 1 aromatic carbocycles. The van der Waals surface area contributed by atoms with Crippen LogP contribution in [0.5, 0.6) is 0 Å². The molecular formula is C33H36FN8O2. The Morgan fingerprint density at radius 3 is 2.64 bits per heavy atom. The van der Waals surface area contributed by atoms with Crippen molar-refractivity contribution in [2.75, 3.05) is 49.1 Å². The van der Waals surface area contributed by atoms with Gasteiger partial charge < -0.3 is 9.80 Å². The number of amides is 2. The Hall–Kier alpha value is -4.38. The van der Waals surface area contributed by atoms with Crippen LogP contribution in [0.4, 0.5) is 16.0 Å². The van der Waals surface area contributed by atoms with Gasteiger partial charge in [-0.3, -0.25) is 19.8 Å². The van der Waals surface area contributed by atoms with Crippen LogP contribution >= 0.6 is 0 Å². The first-order valence-corrected chi connectivity index (χ1v) is 15.4. The van der Waals surface area contributed by atoms with E-state index in [-0.39, 0.29) is 35.5 Å². The number of imide groups is 1. The Morgan fingerprint density at radius 1 is 0.977 bits per heavy atom. The molecule has 2 unspecified atom stereocenters. The van der Waals surface area contributed by atoms with Crippen LogP contribution in [-0.4, -0.2) is 75.6 Å². The van der Waals surface area contributed by atoms with Crippen LogP contribution in [0.2, 0.25) is 0 Å². The molecule has 3 aromatic heterocycles. The molecule has 0 saturated carbocycles. The van der Waals surface area contributed by atoms with E-state index in [4.69, 9.17) is 10.1 Å². The summed E-state index contributed by atoms with van der Waals surface area (Å²) in [5.41, 5.74) is 3.31. The Bertz CT molecular complexity index is 1680. The molecule has 1 radical (unpaired) electrons. The van der Waals surface area contributed by atoms with Crippen molar-refractivity contribution in [3.05, 3.63) is 79.1 Å². The second-order valence-corrected chi connectivity index (χ2v) is 12.0. The molecule has 227 valence electrons. The quantitative estimate of drug-likeness (QED) is 0.322. The van der Waals surface area contributed by atoms with Gasteiger partial charge in [-0.05, 0) is 74.1 Å². The first-order valence-electron chi connectivity index (χ1n) is 15.4. The fraction of sp³-hybridized carbons (Fsp3) is 0.394. The first kappa shape index (κ1) is 28.4. The molecule has 44 heavy (non-hydrogen) atoms. The van der Waals surface area contributed by atoms with Gasteiger partial charge in [0.05, 0.1) is 17.9 Å². The van der Waals surface area contributed by atoms with E-state index in [9.17, 15) is 14.0 Å². The Labute approximate surface area is 255 Å². The molecule has 0 spiro atoms. The number of nitrogens with zero attached hydrogens (tertiary/aromatic N) is 7. The second kappa shape index (κ2) is 12.0. The number of nitrogens with one attached hydrogen (secondary N) is 1. The number of rotatable bonds is 7. The number of piperazine rings is 1. The molecule has 0 bridgehead atoms. The SMILES string of the molecule is [CH2]C(CN1CCN(c2cccc(-c3cnc4ccc(N5CCC[C@@H]5c5cccc(F)c5)nn34)n2)CC1)C1CCC(=O)NC1=O. The predicted molar refractivity (Wildman–Crippen MR) is 165 cm³/mol. The molecule has 3 atom stereocenters. The molecule has 7 rings (SSSR count). The molecule has 3 fully saturated rings. The highest BCUT2D eigenvalue weighted by Gasteiger charge is 2.33. The van der Waals surface area contributed by atoms with Crippen molar-refractivity contribution in [2.45, 2.75) is 31.7 Å². The summed E-state index contributed by atoms with van der Waals surface area (Å²) < 4.78 is 15.9. The van der Waals surface area contributed by atoms with E-state index in [1.807, 2.05) is 47.1 Å². The predicted octanol–water partition coefficient (Wildman–Crippen LogP) is 3.90. The van der Waals surface area contributed by atoms with Gasteiger partial charge in [-0.2, -0.15) is 0 Å². The molecule has 3 aliphatic rings. The number of carbonyl (C=O) groups excluding carboxylic acids is 2. The topological polar surface area (TPSA) is 99.0 Å². The Balaban J connectivity index is 1.05. The lowest BCUT2D eigenvalue weighted by molar-refractivity contribution is -0.137. The number of piperidine rings is 1. The van der Waals surface area contributed by atoms with Crippen molar-refractivity contribution in [3.63, 3.8) is 0 Å². The van der Waals surface area contributed by atoms with Crippen molar-refractivity contribution in [1.29, 1.82) is 0 Å². The van der Waals surface area contributed by atoms with Gasteiger partial charge in [0.15, 0.2) is 5.65 Å². The van der Waals surface area contributed by atoms with Gasteiger partial charge in [0, 0.05) is 51.6 Å². The summed E-state index contributed by atoms with van der Waals surface area (Å²) in [5.74, 6) is 0.840. The van der Waals surface area contributed by atoms with Crippen molar-refractivity contribution in [1.82, 2.24) is 29.8 Å². The van der Waals surface area contributed by atoms with E-state index in [0.29, 0.717) is 12.8 Å². The molecule has 6 heterocycles. The van der Waals surface area contributed by atoms with Gasteiger partial charge in [0.2, 0.25) is 11.8 Å². The van der Waals surface area contributed by atoms with Gasteiger partial charge in [-0.1, -0.05) is 18.2 Å². The van der Waals surface area contributed by atoms with Crippen LogP contribution in [0.3, 0.4) is 0 Å². The first-order chi connectivity index (χ1) is 21.4. The van der Waals surface area contributed by atoms with Crippen molar-refractivity contribution < 1.29 is 14.0 Å². The number of fused-ring (bicyclic) bond motifs is 1. The minimum atomic E-state index is -0.221. The lowest BCUT2D eigenvalue weighted by atomic mass is 9.86. The van der Waals surface area contributed by atoms with Crippen LogP contribution in [-0.2, 0) is 9.59 Å². The molecule has 11 heteroatoms. The van der Waals surface area contributed by atoms with Crippen LogP contribution in [0, 0.1) is 24.6 Å². The Morgan fingerprint density at radius 2 is 1.82 bits per heavy atom. The number of benzene rings is 1. The van der Waals surface area contributed by atoms with Gasteiger partial charge in [-0.15, -0.1) is 5.10 Å². The number of carbonyl (C=O) groups is 2. The van der Waals surface area contributed by atoms with E-state index in [1.54, 1.807) is 12.1 Å². The highest BCUT2D eigenvalue weighted by Crippen LogP contribution is 2.36. The van der Waals surface area contributed by atoms with Gasteiger partial charge in [0.1, 0.15) is 23.1 Å². The fourth-order valence-corrected chi connectivity index (χ4v) is 6.81. The minimum Gasteiger partial charge on any atom is -0.354 e. The maximum absolute atomic E-state index is 14.0. The lowest BCUT2D eigenvalue weighted by Crippen LogP contribution is -2.50. The van der Waals surface area contributed by atoms with Crippen LogP contribution in [0.25, 0.3) is 17.0 Å². The summed E-state index contributed by atoms with van der Waals surface area (Å²) in [4.78, 5) is 40.3. The summed E-state index contributed by atoms with van der Waals surface area (Å²) in [5, 5.41) is 7.45. The molecule has 0 aliphatic carbocycles. The molecular weight excluding hydrogens is 559 g/mol. The summed E-state index contributed by atoms with van der Waals surface area (Å²) in [6.45, 7) is 9.13. The van der Waals surface area contributed by atoms with Gasteiger partial charge >= 0.3 is 0 Å². The second-order valence-electron chi connectivity index (χ2n) is 12.0. The van der Waals surface area contributed by atoms with E-state index in [2.05, 4.69) is 31.9 Å². The monoisotopic (exact) mass is 595 g/mol. The smallest absolute Gasteiger partial charge is 0.230 e. The number of aromatic nitrogens is 4. The molecule has 1 N–H and O–H groups in total. The zero-order valence-corrected chi connectivity index (χ0v) is 24.6. The molecule has 4 aromatic rings. The number of halogens is 1. The number of pyridine rings is 1. The van der Waals surface area contributed by atoms with E-state index < -0.39 is 0 Å². The molecule has 2 amide bonds. The van der Waals surface area contributed by atoms with Crippen LogP contribution in [0.1, 0.15) is 37.3 Å². The highest BCUT2D eigenvalue weighted by atomic mass is 19.1. The van der Waals surface area contributed by atoms with E-state index >= 15 is 0 Å². The van der Waals surface area contributed by atoms with E-state index in [0.717, 1.165) is 86.3 Å². The zero-order valence-electron chi connectivity index (χ0n) is 24.6. The Kier molecular flexibility index (Phi) is 7.71. The number of imidazole rings is 1. The average Bonchev–Trinajstić information content (AvgIpc) is 3.69. The summed E-state index contributed by atoms with van der Waals surface area (Å²) in [6, 6.07) is 16.9. The lowest BCUT2D eigenvalue weighted by Gasteiger charge is -2.38.